The lowest BCUT2D eigenvalue weighted by atomic mass is 10.0. The predicted molar refractivity (Wildman–Crippen MR) is 97.6 cm³/mol. The highest BCUT2D eigenvalue weighted by Gasteiger charge is 2.19. The maximum atomic E-state index is 12.4. The summed E-state index contributed by atoms with van der Waals surface area (Å²) in [7, 11) is 0. The van der Waals surface area contributed by atoms with Crippen LogP contribution in [0.1, 0.15) is 29.7 Å². The third-order valence-corrected chi connectivity index (χ3v) is 4.54. The van der Waals surface area contributed by atoms with E-state index in [0.717, 1.165) is 27.8 Å². The van der Waals surface area contributed by atoms with Crippen LogP contribution in [0.5, 0.6) is 0 Å². The van der Waals surface area contributed by atoms with Crippen LogP contribution in [0.2, 0.25) is 0 Å². The van der Waals surface area contributed by atoms with E-state index >= 15 is 0 Å². The first kappa shape index (κ1) is 16.3. The van der Waals surface area contributed by atoms with Gasteiger partial charge in [-0.2, -0.15) is 5.10 Å². The summed E-state index contributed by atoms with van der Waals surface area (Å²) in [6, 6.07) is 7.59. The van der Waals surface area contributed by atoms with Crippen LogP contribution in [0.25, 0.3) is 11.0 Å². The van der Waals surface area contributed by atoms with Crippen LogP contribution in [0, 0.1) is 6.92 Å². The molecule has 26 heavy (non-hydrogen) atoms. The number of fused-ring (bicyclic) bond motifs is 2. The Kier molecular flexibility index (Phi) is 3.91. The number of hydrogen-bond acceptors (Lipinski definition) is 4. The van der Waals surface area contributed by atoms with E-state index in [-0.39, 0.29) is 24.4 Å². The van der Waals surface area contributed by atoms with Gasteiger partial charge in [0.2, 0.25) is 11.8 Å². The molecule has 0 saturated heterocycles. The number of nitrogens with zero attached hydrogens (tertiary/aromatic N) is 3. The third-order valence-electron chi connectivity index (χ3n) is 4.54. The number of pyridine rings is 1. The molecule has 0 saturated carbocycles. The van der Waals surface area contributed by atoms with Crippen LogP contribution in [-0.4, -0.2) is 26.6 Å². The van der Waals surface area contributed by atoms with E-state index in [9.17, 15) is 9.59 Å². The molecule has 0 radical (unpaired) electrons. The number of aryl methyl sites for hydroxylation is 1. The molecule has 2 N–H and O–H groups in total. The summed E-state index contributed by atoms with van der Waals surface area (Å²) in [5, 5.41) is 11.0. The summed E-state index contributed by atoms with van der Waals surface area (Å²) in [4.78, 5) is 28.3. The standard InChI is InChI=1S/C19H19N5O2/c1-11-5-15-9-21-24(19(15)20-8-11)10-18(26)22-12(2)13-3-4-16-14(6-13)7-17(25)23-16/h3-6,8-9,12H,7,10H2,1-2H3,(H,22,26)(H,23,25). The molecule has 0 bridgehead atoms. The van der Waals surface area contributed by atoms with Crippen molar-refractivity contribution in [1.29, 1.82) is 0 Å². The smallest absolute Gasteiger partial charge is 0.242 e. The highest BCUT2D eigenvalue weighted by atomic mass is 16.2. The zero-order valence-electron chi connectivity index (χ0n) is 14.6. The van der Waals surface area contributed by atoms with E-state index in [2.05, 4.69) is 20.7 Å². The first-order valence-electron chi connectivity index (χ1n) is 8.50. The molecule has 3 aromatic rings. The minimum absolute atomic E-state index is 0.00198. The lowest BCUT2D eigenvalue weighted by Crippen LogP contribution is -2.30. The maximum absolute atomic E-state index is 12.4. The van der Waals surface area contributed by atoms with Gasteiger partial charge in [-0.3, -0.25) is 9.59 Å². The SMILES string of the molecule is Cc1cnc2c(cnn2CC(=O)NC(C)c2ccc3c(c2)CC(=O)N3)c1. The Labute approximate surface area is 150 Å². The molecule has 1 unspecified atom stereocenters. The van der Waals surface area contributed by atoms with E-state index in [1.807, 2.05) is 38.1 Å². The molecule has 0 spiro atoms. The Balaban J connectivity index is 1.46. The summed E-state index contributed by atoms with van der Waals surface area (Å²) in [6.07, 6.45) is 3.87. The second-order valence-electron chi connectivity index (χ2n) is 6.66. The van der Waals surface area contributed by atoms with Crippen molar-refractivity contribution < 1.29 is 9.59 Å². The molecule has 1 aliphatic heterocycles. The Bertz CT molecular complexity index is 1020. The number of nitrogens with one attached hydrogen (secondary N) is 2. The lowest BCUT2D eigenvalue weighted by molar-refractivity contribution is -0.122. The molecule has 7 nitrogen and oxygen atoms in total. The summed E-state index contributed by atoms with van der Waals surface area (Å²) in [6.45, 7) is 4.00. The fourth-order valence-electron chi connectivity index (χ4n) is 3.22. The zero-order valence-corrected chi connectivity index (χ0v) is 14.6. The van der Waals surface area contributed by atoms with Crippen molar-refractivity contribution in [3.8, 4) is 0 Å². The van der Waals surface area contributed by atoms with Gasteiger partial charge in [0.1, 0.15) is 6.54 Å². The number of rotatable bonds is 4. The van der Waals surface area contributed by atoms with Crippen LogP contribution in [0.3, 0.4) is 0 Å². The fraction of sp³-hybridized carbons (Fsp3) is 0.263. The average molecular weight is 349 g/mol. The number of carbonyl (C=O) groups excluding carboxylic acids is 2. The lowest BCUT2D eigenvalue weighted by Gasteiger charge is -2.15. The Morgan fingerprint density at radius 2 is 2.19 bits per heavy atom. The molecule has 1 atom stereocenters. The average Bonchev–Trinajstić information content (AvgIpc) is 3.16. The maximum Gasteiger partial charge on any atom is 0.242 e. The monoisotopic (exact) mass is 349 g/mol. The second kappa shape index (κ2) is 6.25. The predicted octanol–water partition coefficient (Wildman–Crippen LogP) is 2.11. The second-order valence-corrected chi connectivity index (χ2v) is 6.66. The van der Waals surface area contributed by atoms with E-state index < -0.39 is 0 Å². The van der Waals surface area contributed by atoms with Crippen molar-refractivity contribution in [2.24, 2.45) is 0 Å². The molecule has 0 aliphatic carbocycles. The first-order chi connectivity index (χ1) is 12.5. The minimum atomic E-state index is -0.166. The molecule has 2 aromatic heterocycles. The van der Waals surface area contributed by atoms with Crippen LogP contribution in [0.4, 0.5) is 5.69 Å². The number of anilines is 1. The molecule has 1 aromatic carbocycles. The number of aromatic nitrogens is 3. The van der Waals surface area contributed by atoms with Gasteiger partial charge in [0, 0.05) is 17.3 Å². The largest absolute Gasteiger partial charge is 0.348 e. The Morgan fingerprint density at radius 1 is 1.35 bits per heavy atom. The molecule has 1 aliphatic rings. The van der Waals surface area contributed by atoms with Gasteiger partial charge in [-0.1, -0.05) is 12.1 Å². The quantitative estimate of drug-likeness (QED) is 0.755. The van der Waals surface area contributed by atoms with Gasteiger partial charge in [-0.15, -0.1) is 0 Å². The van der Waals surface area contributed by atoms with E-state index in [0.29, 0.717) is 12.1 Å². The van der Waals surface area contributed by atoms with Gasteiger partial charge >= 0.3 is 0 Å². The molecular weight excluding hydrogens is 330 g/mol. The molecule has 7 heteroatoms. The molecule has 0 fully saturated rings. The van der Waals surface area contributed by atoms with Crippen LogP contribution < -0.4 is 10.6 Å². The molecule has 132 valence electrons. The van der Waals surface area contributed by atoms with Gasteiger partial charge < -0.3 is 10.6 Å². The number of hydrogen-bond donors (Lipinski definition) is 2. The van der Waals surface area contributed by atoms with Gasteiger partial charge in [-0.05, 0) is 42.7 Å². The van der Waals surface area contributed by atoms with Crippen molar-refractivity contribution in [1.82, 2.24) is 20.1 Å². The zero-order chi connectivity index (χ0) is 18.3. The summed E-state index contributed by atoms with van der Waals surface area (Å²) in [5.74, 6) is -0.137. The van der Waals surface area contributed by atoms with Crippen LogP contribution >= 0.6 is 0 Å². The third kappa shape index (κ3) is 3.03. The Morgan fingerprint density at radius 3 is 3.04 bits per heavy atom. The normalized spacial score (nSPS) is 14.2. The molecule has 2 amide bonds. The summed E-state index contributed by atoms with van der Waals surface area (Å²) in [5.41, 5.74) is 4.53. The van der Waals surface area contributed by atoms with Crippen molar-refractivity contribution in [3.63, 3.8) is 0 Å². The summed E-state index contributed by atoms with van der Waals surface area (Å²) < 4.78 is 1.60. The first-order valence-corrected chi connectivity index (χ1v) is 8.50. The van der Waals surface area contributed by atoms with Crippen molar-refractivity contribution >= 4 is 28.5 Å². The van der Waals surface area contributed by atoms with E-state index in [1.54, 1.807) is 17.1 Å². The Hall–Kier alpha value is -3.22. The number of benzene rings is 1. The van der Waals surface area contributed by atoms with Gasteiger partial charge in [0.15, 0.2) is 5.65 Å². The van der Waals surface area contributed by atoms with E-state index in [4.69, 9.17) is 0 Å². The molecule has 4 rings (SSSR count). The fourth-order valence-corrected chi connectivity index (χ4v) is 3.22. The highest BCUT2D eigenvalue weighted by molar-refractivity contribution is 5.99. The summed E-state index contributed by atoms with van der Waals surface area (Å²) >= 11 is 0. The molecule has 3 heterocycles. The van der Waals surface area contributed by atoms with Gasteiger partial charge in [0.05, 0.1) is 18.7 Å². The highest BCUT2D eigenvalue weighted by Crippen LogP contribution is 2.26. The van der Waals surface area contributed by atoms with Crippen molar-refractivity contribution in [2.75, 3.05) is 5.32 Å². The van der Waals surface area contributed by atoms with E-state index in [1.165, 1.54) is 0 Å². The van der Waals surface area contributed by atoms with Crippen molar-refractivity contribution in [3.05, 3.63) is 53.3 Å². The van der Waals surface area contributed by atoms with Crippen molar-refractivity contribution in [2.45, 2.75) is 32.9 Å². The topological polar surface area (TPSA) is 88.9 Å². The number of amides is 2. The van der Waals surface area contributed by atoms with Crippen LogP contribution in [-0.2, 0) is 22.6 Å². The van der Waals surface area contributed by atoms with Crippen LogP contribution in [0.15, 0.2) is 36.7 Å². The van der Waals surface area contributed by atoms with Gasteiger partial charge in [-0.25, -0.2) is 9.67 Å². The number of carbonyl (C=O) groups is 2. The minimum Gasteiger partial charge on any atom is -0.348 e. The van der Waals surface area contributed by atoms with Gasteiger partial charge in [0.25, 0.3) is 0 Å². The molecular formula is C19H19N5O2.